The summed E-state index contributed by atoms with van der Waals surface area (Å²) in [5.41, 5.74) is 0.833. The number of hydrogen-bond donors (Lipinski definition) is 2. The molecule has 8 heteroatoms. The zero-order valence-corrected chi connectivity index (χ0v) is 9.80. The third-order valence-electron chi connectivity index (χ3n) is 2.10. The van der Waals surface area contributed by atoms with Gasteiger partial charge in [-0.1, -0.05) is 6.92 Å². The first kappa shape index (κ1) is 14.5. The van der Waals surface area contributed by atoms with E-state index in [0.29, 0.717) is 12.2 Å². The van der Waals surface area contributed by atoms with Gasteiger partial charge in [0.2, 0.25) is 5.91 Å². The summed E-state index contributed by atoms with van der Waals surface area (Å²) in [6, 6.07) is 0. The molecule has 18 heavy (non-hydrogen) atoms. The molecule has 0 aliphatic carbocycles. The lowest BCUT2D eigenvalue weighted by Gasteiger charge is -2.07. The number of H-pyrrole nitrogens is 1. The molecule has 1 heterocycles. The monoisotopic (exact) mass is 265 g/mol. The fourth-order valence-corrected chi connectivity index (χ4v) is 1.24. The van der Waals surface area contributed by atoms with Crippen molar-refractivity contribution in [2.45, 2.75) is 25.9 Å². The van der Waals surface area contributed by atoms with Crippen molar-refractivity contribution in [3.8, 4) is 0 Å². The maximum absolute atomic E-state index is 11.7. The molecule has 1 aromatic heterocycles. The van der Waals surface area contributed by atoms with Crippen LogP contribution in [0.5, 0.6) is 0 Å². The van der Waals surface area contributed by atoms with Gasteiger partial charge in [0.25, 0.3) is 0 Å². The maximum atomic E-state index is 11.7. The maximum Gasteiger partial charge on any atom is 0.411 e. The number of alkyl halides is 3. The first-order chi connectivity index (χ1) is 8.42. The number of aromatic amines is 1. The van der Waals surface area contributed by atoms with Gasteiger partial charge >= 0.3 is 6.18 Å². The molecule has 0 radical (unpaired) electrons. The largest absolute Gasteiger partial charge is 0.411 e. The van der Waals surface area contributed by atoms with E-state index in [2.05, 4.69) is 20.3 Å². The van der Waals surface area contributed by atoms with Crippen LogP contribution in [0.1, 0.15) is 18.9 Å². The normalized spacial score (nSPS) is 11.6. The van der Waals surface area contributed by atoms with Gasteiger partial charge in [-0.05, 0) is 6.42 Å². The number of aromatic nitrogens is 2. The van der Waals surface area contributed by atoms with Gasteiger partial charge in [-0.2, -0.15) is 18.3 Å². The Morgan fingerprint density at radius 1 is 1.56 bits per heavy atom. The fourth-order valence-electron chi connectivity index (χ4n) is 1.24. The molecule has 1 rings (SSSR count). The van der Waals surface area contributed by atoms with Crippen LogP contribution in [0.4, 0.5) is 19.0 Å². The third-order valence-corrected chi connectivity index (χ3v) is 2.10. The van der Waals surface area contributed by atoms with Crippen LogP contribution in [0.3, 0.4) is 0 Å². The van der Waals surface area contributed by atoms with E-state index in [9.17, 15) is 18.0 Å². The molecule has 1 amide bonds. The summed E-state index contributed by atoms with van der Waals surface area (Å²) in [6.45, 7) is 0.276. The summed E-state index contributed by atoms with van der Waals surface area (Å²) in [4.78, 5) is 11.4. The average Bonchev–Trinajstić information content (AvgIpc) is 2.70. The van der Waals surface area contributed by atoms with Crippen LogP contribution in [0.2, 0.25) is 0 Å². The summed E-state index contributed by atoms with van der Waals surface area (Å²) in [6.07, 6.45) is -2.24. The van der Waals surface area contributed by atoms with Crippen molar-refractivity contribution in [2.75, 3.05) is 18.5 Å². The van der Waals surface area contributed by atoms with Crippen LogP contribution in [0.15, 0.2) is 6.20 Å². The molecule has 0 bridgehead atoms. The number of nitrogens with one attached hydrogen (secondary N) is 2. The Morgan fingerprint density at radius 3 is 2.89 bits per heavy atom. The molecule has 0 atom stereocenters. The molecular weight excluding hydrogens is 251 g/mol. The Bertz CT molecular complexity index is 390. The van der Waals surface area contributed by atoms with E-state index in [4.69, 9.17) is 0 Å². The predicted molar refractivity (Wildman–Crippen MR) is 58.1 cm³/mol. The van der Waals surface area contributed by atoms with Gasteiger partial charge in [-0.25, -0.2) is 0 Å². The van der Waals surface area contributed by atoms with Gasteiger partial charge in [-0.15, -0.1) is 0 Å². The topological polar surface area (TPSA) is 67.0 Å². The first-order valence-corrected chi connectivity index (χ1v) is 5.39. The molecule has 0 spiro atoms. The number of anilines is 1. The smallest absolute Gasteiger partial charge is 0.372 e. The second-order valence-corrected chi connectivity index (χ2v) is 3.59. The number of halogens is 3. The van der Waals surface area contributed by atoms with E-state index in [0.717, 1.165) is 5.56 Å². The lowest BCUT2D eigenvalue weighted by molar-refractivity contribution is -0.174. The van der Waals surface area contributed by atoms with E-state index in [1.807, 2.05) is 6.92 Å². The van der Waals surface area contributed by atoms with Crippen molar-refractivity contribution in [1.82, 2.24) is 10.2 Å². The van der Waals surface area contributed by atoms with Gasteiger partial charge < -0.3 is 10.1 Å². The lowest BCUT2D eigenvalue weighted by Crippen LogP contribution is -2.20. The summed E-state index contributed by atoms with van der Waals surface area (Å²) >= 11 is 0. The average molecular weight is 265 g/mol. The molecule has 0 saturated carbocycles. The molecule has 0 aromatic carbocycles. The van der Waals surface area contributed by atoms with E-state index < -0.39 is 18.7 Å². The van der Waals surface area contributed by atoms with Crippen LogP contribution in [0, 0.1) is 0 Å². The highest BCUT2D eigenvalue weighted by Gasteiger charge is 2.27. The zero-order chi connectivity index (χ0) is 13.6. The number of carbonyl (C=O) groups excluding carboxylic acids is 1. The summed E-state index contributed by atoms with van der Waals surface area (Å²) < 4.78 is 39.6. The van der Waals surface area contributed by atoms with Gasteiger partial charge in [0.15, 0.2) is 0 Å². The highest BCUT2D eigenvalue weighted by Crippen LogP contribution is 2.14. The molecule has 0 aliphatic rings. The van der Waals surface area contributed by atoms with Crippen LogP contribution < -0.4 is 5.32 Å². The fraction of sp³-hybridized carbons (Fsp3) is 0.600. The number of nitrogens with zero attached hydrogens (tertiary/aromatic N) is 1. The molecule has 1 aromatic rings. The summed E-state index contributed by atoms with van der Waals surface area (Å²) in [5, 5.41) is 8.88. The van der Waals surface area contributed by atoms with Gasteiger partial charge in [0, 0.05) is 5.56 Å². The molecule has 0 saturated heterocycles. The van der Waals surface area contributed by atoms with E-state index in [-0.39, 0.29) is 13.0 Å². The second kappa shape index (κ2) is 6.39. The van der Waals surface area contributed by atoms with Crippen LogP contribution in [0.25, 0.3) is 0 Å². The molecule has 5 nitrogen and oxygen atoms in total. The van der Waals surface area contributed by atoms with Crippen LogP contribution in [-0.4, -0.2) is 35.5 Å². The van der Waals surface area contributed by atoms with Gasteiger partial charge in [0.1, 0.15) is 12.4 Å². The third kappa shape index (κ3) is 5.17. The van der Waals surface area contributed by atoms with E-state index in [1.165, 1.54) is 0 Å². The first-order valence-electron chi connectivity index (χ1n) is 5.39. The SMILES string of the molecule is CCc1cn[nH]c1NC(=O)CCOCC(F)(F)F. The summed E-state index contributed by atoms with van der Waals surface area (Å²) in [5.74, 6) is 0.0504. The molecule has 0 aliphatic heterocycles. The van der Waals surface area contributed by atoms with E-state index >= 15 is 0 Å². The highest BCUT2D eigenvalue weighted by atomic mass is 19.4. The Hall–Kier alpha value is -1.57. The quantitative estimate of drug-likeness (QED) is 0.772. The Morgan fingerprint density at radius 2 is 2.28 bits per heavy atom. The number of aryl methyl sites for hydroxylation is 1. The van der Waals surface area contributed by atoms with Gasteiger partial charge in [0.05, 0.1) is 19.2 Å². The van der Waals surface area contributed by atoms with Crippen molar-refractivity contribution in [3.05, 3.63) is 11.8 Å². The second-order valence-electron chi connectivity index (χ2n) is 3.59. The Balaban J connectivity index is 2.26. The molecule has 0 unspecified atom stereocenters. The van der Waals surface area contributed by atoms with Crippen molar-refractivity contribution in [1.29, 1.82) is 0 Å². The van der Waals surface area contributed by atoms with Crippen molar-refractivity contribution in [3.63, 3.8) is 0 Å². The molecule has 102 valence electrons. The highest BCUT2D eigenvalue weighted by molar-refractivity contribution is 5.90. The molecule has 2 N–H and O–H groups in total. The van der Waals surface area contributed by atoms with E-state index in [1.54, 1.807) is 6.20 Å². The lowest BCUT2D eigenvalue weighted by atomic mass is 10.2. The summed E-state index contributed by atoms with van der Waals surface area (Å²) in [7, 11) is 0. The molecule has 0 fully saturated rings. The predicted octanol–water partition coefficient (Wildman–Crippen LogP) is 1.88. The number of hydrogen-bond acceptors (Lipinski definition) is 3. The zero-order valence-electron chi connectivity index (χ0n) is 9.80. The minimum Gasteiger partial charge on any atom is -0.372 e. The standard InChI is InChI=1S/C10H14F3N3O2/c1-2-7-5-14-16-9(7)15-8(17)3-4-18-6-10(11,12)13/h5H,2-4,6H2,1H3,(H2,14,15,16,17). The Kier molecular flexibility index (Phi) is 5.14. The number of carbonyl (C=O) groups is 1. The van der Waals surface area contributed by atoms with Crippen LogP contribution in [-0.2, 0) is 16.0 Å². The van der Waals surface area contributed by atoms with Crippen LogP contribution >= 0.6 is 0 Å². The minimum atomic E-state index is -4.37. The van der Waals surface area contributed by atoms with Crippen molar-refractivity contribution >= 4 is 11.7 Å². The van der Waals surface area contributed by atoms with Gasteiger partial charge in [-0.3, -0.25) is 9.89 Å². The number of amides is 1. The minimum absolute atomic E-state index is 0.141. The number of ether oxygens (including phenoxy) is 1. The number of rotatable bonds is 6. The van der Waals surface area contributed by atoms with Crippen molar-refractivity contribution in [2.24, 2.45) is 0 Å². The Labute approximate surface area is 102 Å². The molecular formula is C10H14F3N3O2. The van der Waals surface area contributed by atoms with Crippen molar-refractivity contribution < 1.29 is 22.7 Å².